The fourth-order valence-electron chi connectivity index (χ4n) is 4.21. The molecule has 0 spiro atoms. The third kappa shape index (κ3) is 2.38. The van der Waals surface area contributed by atoms with Crippen LogP contribution in [0.1, 0.15) is 19.3 Å². The molecule has 2 aliphatic rings. The molecule has 3 aromatic rings. The Hall–Kier alpha value is -3.40. The second-order valence-electron chi connectivity index (χ2n) is 7.43. The number of nitrogens with zero attached hydrogens (tertiary/aromatic N) is 4. The maximum atomic E-state index is 13.2. The zero-order valence-electron chi connectivity index (χ0n) is 15.5. The Morgan fingerprint density at radius 3 is 2.86 bits per heavy atom. The highest BCUT2D eigenvalue weighted by Gasteiger charge is 2.56. The molecule has 1 atom stereocenters. The van der Waals surface area contributed by atoms with Crippen LogP contribution in [0.4, 0.5) is 5.69 Å². The predicted molar refractivity (Wildman–Crippen MR) is 104 cm³/mol. The van der Waals surface area contributed by atoms with Crippen molar-refractivity contribution in [2.75, 3.05) is 18.6 Å². The van der Waals surface area contributed by atoms with Crippen molar-refractivity contribution in [2.24, 2.45) is 11.3 Å². The Kier molecular flexibility index (Phi) is 3.63. The second kappa shape index (κ2) is 6.06. The molecule has 7 heteroatoms. The van der Waals surface area contributed by atoms with Crippen LogP contribution >= 0.6 is 0 Å². The first kappa shape index (κ1) is 16.8. The zero-order valence-corrected chi connectivity index (χ0v) is 15.5. The van der Waals surface area contributed by atoms with Gasteiger partial charge in [-0.05, 0) is 43.4 Å². The normalized spacial score (nSPS) is 21.9. The number of amides is 1. The van der Waals surface area contributed by atoms with E-state index in [1.807, 2.05) is 24.3 Å². The molecule has 0 aromatic carbocycles. The number of fused-ring (bicyclic) bond motifs is 1. The number of aromatic amines is 1. The van der Waals surface area contributed by atoms with Gasteiger partial charge in [-0.3, -0.25) is 4.79 Å². The predicted octanol–water partition coefficient (Wildman–Crippen LogP) is 3.29. The first-order chi connectivity index (χ1) is 13.7. The van der Waals surface area contributed by atoms with Crippen LogP contribution in [0, 0.1) is 22.7 Å². The van der Waals surface area contributed by atoms with Crippen LogP contribution in [0.5, 0.6) is 5.88 Å². The van der Waals surface area contributed by atoms with Crippen molar-refractivity contribution in [3.8, 4) is 23.2 Å². The van der Waals surface area contributed by atoms with Crippen LogP contribution in [0.2, 0.25) is 0 Å². The van der Waals surface area contributed by atoms with Crippen LogP contribution in [0.25, 0.3) is 22.3 Å². The maximum absolute atomic E-state index is 13.2. The number of nitrogens with one attached hydrogen (secondary N) is 1. The lowest BCUT2D eigenvalue weighted by Crippen LogP contribution is -2.35. The van der Waals surface area contributed by atoms with Crippen molar-refractivity contribution >= 4 is 22.6 Å². The Morgan fingerprint density at radius 1 is 1.29 bits per heavy atom. The number of rotatable bonds is 4. The van der Waals surface area contributed by atoms with Gasteiger partial charge in [-0.1, -0.05) is 0 Å². The van der Waals surface area contributed by atoms with E-state index < -0.39 is 5.41 Å². The molecule has 1 aliphatic heterocycles. The van der Waals surface area contributed by atoms with E-state index in [0.717, 1.165) is 35.2 Å². The number of carbonyl (C=O) groups excluding carboxylic acids is 1. The summed E-state index contributed by atoms with van der Waals surface area (Å²) in [5.41, 5.74) is 2.45. The quantitative estimate of drug-likeness (QED) is 0.757. The highest BCUT2D eigenvalue weighted by molar-refractivity contribution is 6.08. The van der Waals surface area contributed by atoms with Crippen LogP contribution in [0.15, 0.2) is 36.7 Å². The smallest absolute Gasteiger partial charge is 0.247 e. The molecule has 1 saturated carbocycles. The van der Waals surface area contributed by atoms with Crippen LogP contribution < -0.4 is 9.64 Å². The van der Waals surface area contributed by atoms with Crippen molar-refractivity contribution in [2.45, 2.75) is 19.3 Å². The van der Waals surface area contributed by atoms with E-state index in [9.17, 15) is 10.1 Å². The molecule has 7 nitrogen and oxygen atoms in total. The average molecular weight is 373 g/mol. The highest BCUT2D eigenvalue weighted by atomic mass is 16.5. The minimum Gasteiger partial charge on any atom is -0.481 e. The third-order valence-corrected chi connectivity index (χ3v) is 5.88. The van der Waals surface area contributed by atoms with Crippen molar-refractivity contribution in [3.05, 3.63) is 36.7 Å². The summed E-state index contributed by atoms with van der Waals surface area (Å²) >= 11 is 0. The number of hydrogen-bond donors (Lipinski definition) is 1. The fraction of sp³-hybridized carbons (Fsp3) is 0.333. The number of hydrogen-bond acceptors (Lipinski definition) is 5. The lowest BCUT2D eigenvalue weighted by molar-refractivity contribution is -0.123. The lowest BCUT2D eigenvalue weighted by Gasteiger charge is -2.21. The van der Waals surface area contributed by atoms with Gasteiger partial charge in [0, 0.05) is 41.6 Å². The third-order valence-electron chi connectivity index (χ3n) is 5.88. The van der Waals surface area contributed by atoms with Gasteiger partial charge < -0.3 is 14.6 Å². The van der Waals surface area contributed by atoms with Gasteiger partial charge >= 0.3 is 0 Å². The molecule has 0 unspecified atom stereocenters. The first-order valence-corrected chi connectivity index (χ1v) is 9.37. The molecule has 2 fully saturated rings. The Bertz CT molecular complexity index is 1130. The molecular formula is C21H19N5O2. The van der Waals surface area contributed by atoms with Crippen molar-refractivity contribution in [1.82, 2.24) is 15.0 Å². The number of ether oxygens (including phenoxy) is 1. The number of anilines is 1. The largest absolute Gasteiger partial charge is 0.481 e. The van der Waals surface area contributed by atoms with Gasteiger partial charge in [0.1, 0.15) is 11.1 Å². The standard InChI is InChI=1S/C21H19N5O2/c1-28-18-10-13(4-7-23-18)16-11-15-17(5-8-24-19(15)25-16)26-9-6-21(12-22,20(26)27)14-2-3-14/h4-5,7-8,10-11,14H,2-3,6,9H2,1H3,(H,24,25)/t21-/m0/s1. The molecule has 1 amide bonds. The summed E-state index contributed by atoms with van der Waals surface area (Å²) in [5.74, 6) is 0.666. The number of aromatic nitrogens is 3. The van der Waals surface area contributed by atoms with Gasteiger partial charge in [-0.15, -0.1) is 0 Å². The van der Waals surface area contributed by atoms with E-state index in [1.54, 1.807) is 24.4 Å². The van der Waals surface area contributed by atoms with E-state index in [0.29, 0.717) is 24.5 Å². The van der Waals surface area contributed by atoms with Gasteiger partial charge in [0.2, 0.25) is 11.8 Å². The molecule has 0 bridgehead atoms. The molecule has 1 aliphatic carbocycles. The number of pyridine rings is 2. The van der Waals surface area contributed by atoms with Crippen molar-refractivity contribution in [1.29, 1.82) is 5.26 Å². The van der Waals surface area contributed by atoms with Gasteiger partial charge in [-0.25, -0.2) is 9.97 Å². The van der Waals surface area contributed by atoms with Crippen molar-refractivity contribution < 1.29 is 9.53 Å². The first-order valence-electron chi connectivity index (χ1n) is 9.37. The molecule has 1 saturated heterocycles. The van der Waals surface area contributed by atoms with Gasteiger partial charge in [0.15, 0.2) is 0 Å². The molecule has 4 heterocycles. The minimum atomic E-state index is -0.854. The summed E-state index contributed by atoms with van der Waals surface area (Å²) in [6, 6.07) is 9.92. The summed E-state index contributed by atoms with van der Waals surface area (Å²) in [4.78, 5) is 26.8. The summed E-state index contributed by atoms with van der Waals surface area (Å²) in [5, 5.41) is 10.6. The topological polar surface area (TPSA) is 94.9 Å². The summed E-state index contributed by atoms with van der Waals surface area (Å²) in [6.45, 7) is 0.561. The molecule has 5 rings (SSSR count). The summed E-state index contributed by atoms with van der Waals surface area (Å²) < 4.78 is 5.21. The SMILES string of the molecule is COc1cc(-c2cc3c(N4CC[C@](C#N)(C5CC5)C4=O)ccnc3[nH]2)ccn1. The summed E-state index contributed by atoms with van der Waals surface area (Å²) in [6.07, 6.45) is 5.92. The van der Waals surface area contributed by atoms with E-state index in [-0.39, 0.29) is 11.8 Å². The number of H-pyrrole nitrogens is 1. The lowest BCUT2D eigenvalue weighted by atomic mass is 9.83. The number of nitriles is 1. The van der Waals surface area contributed by atoms with E-state index >= 15 is 0 Å². The minimum absolute atomic E-state index is 0.0710. The molecule has 0 radical (unpaired) electrons. The van der Waals surface area contributed by atoms with Gasteiger partial charge in [0.05, 0.1) is 18.9 Å². The van der Waals surface area contributed by atoms with Gasteiger partial charge in [0.25, 0.3) is 0 Å². The molecule has 1 N–H and O–H groups in total. The van der Waals surface area contributed by atoms with E-state index in [2.05, 4.69) is 21.0 Å². The maximum Gasteiger partial charge on any atom is 0.247 e. The van der Waals surface area contributed by atoms with Crippen molar-refractivity contribution in [3.63, 3.8) is 0 Å². The molecular weight excluding hydrogens is 354 g/mol. The Morgan fingerprint density at radius 2 is 2.11 bits per heavy atom. The monoisotopic (exact) mass is 373 g/mol. The summed E-state index contributed by atoms with van der Waals surface area (Å²) in [7, 11) is 1.58. The zero-order chi connectivity index (χ0) is 19.3. The number of methoxy groups -OCH3 is 1. The number of carbonyl (C=O) groups is 1. The fourth-order valence-corrected chi connectivity index (χ4v) is 4.21. The average Bonchev–Trinajstić information content (AvgIpc) is 3.40. The van der Waals surface area contributed by atoms with E-state index in [1.165, 1.54) is 0 Å². The Labute approximate surface area is 162 Å². The Balaban J connectivity index is 1.57. The van der Waals surface area contributed by atoms with Crippen LogP contribution in [-0.4, -0.2) is 34.5 Å². The van der Waals surface area contributed by atoms with Gasteiger partial charge in [-0.2, -0.15) is 5.26 Å². The van der Waals surface area contributed by atoms with Crippen LogP contribution in [-0.2, 0) is 4.79 Å². The molecule has 28 heavy (non-hydrogen) atoms. The molecule has 3 aromatic heterocycles. The molecule has 140 valence electrons. The second-order valence-corrected chi connectivity index (χ2v) is 7.43. The van der Waals surface area contributed by atoms with Crippen LogP contribution in [0.3, 0.4) is 0 Å². The van der Waals surface area contributed by atoms with E-state index in [4.69, 9.17) is 4.74 Å². The highest BCUT2D eigenvalue weighted by Crippen LogP contribution is 2.52.